The summed E-state index contributed by atoms with van der Waals surface area (Å²) in [5.74, 6) is 3.05. The van der Waals surface area contributed by atoms with E-state index < -0.39 is 0 Å². The molecule has 0 bridgehead atoms. The van der Waals surface area contributed by atoms with Crippen molar-refractivity contribution in [3.05, 3.63) is 47.2 Å². The Hall–Kier alpha value is -2.23. The minimum Gasteiger partial charge on any atom is -0.493 e. The van der Waals surface area contributed by atoms with Crippen LogP contribution in [0.5, 0.6) is 17.4 Å². The van der Waals surface area contributed by atoms with Gasteiger partial charge in [0, 0.05) is 38.9 Å². The van der Waals surface area contributed by atoms with Gasteiger partial charge in [-0.05, 0) is 48.2 Å². The summed E-state index contributed by atoms with van der Waals surface area (Å²) in [6.45, 7) is 4.88. The van der Waals surface area contributed by atoms with E-state index in [9.17, 15) is 0 Å². The lowest BCUT2D eigenvalue weighted by molar-refractivity contribution is 0.326. The number of nitrogens with one attached hydrogen (secondary N) is 1. The average Bonchev–Trinajstić information content (AvgIpc) is 2.73. The van der Waals surface area contributed by atoms with Gasteiger partial charge in [-0.1, -0.05) is 0 Å². The number of fused-ring (bicyclic) bond motifs is 1. The van der Waals surface area contributed by atoms with E-state index in [1.807, 2.05) is 26.1 Å². The second-order valence-electron chi connectivity index (χ2n) is 6.48. The predicted molar refractivity (Wildman–Crippen MR) is 125 cm³/mol. The lowest BCUT2D eigenvalue weighted by Gasteiger charge is -2.32. The highest BCUT2D eigenvalue weighted by molar-refractivity contribution is 14.0. The fraction of sp³-hybridized carbons (Fsp3) is 0.429. The molecule has 1 aromatic heterocycles. The third kappa shape index (κ3) is 5.65. The van der Waals surface area contributed by atoms with Gasteiger partial charge in [0.15, 0.2) is 17.5 Å². The molecule has 0 radical (unpaired) electrons. The fourth-order valence-electron chi connectivity index (χ4n) is 3.36. The molecule has 0 saturated heterocycles. The lowest BCUT2D eigenvalue weighted by Crippen LogP contribution is -2.43. The number of rotatable bonds is 6. The molecular weight excluding hydrogens is 483 g/mol. The maximum absolute atomic E-state index is 5.47. The van der Waals surface area contributed by atoms with Crippen LogP contribution >= 0.6 is 24.0 Å². The number of halogens is 1. The van der Waals surface area contributed by atoms with Crippen LogP contribution in [0.15, 0.2) is 35.5 Å². The van der Waals surface area contributed by atoms with Crippen LogP contribution in [-0.2, 0) is 19.5 Å². The number of guanidine groups is 1. The summed E-state index contributed by atoms with van der Waals surface area (Å²) >= 11 is 0. The van der Waals surface area contributed by atoms with Crippen LogP contribution in [0.25, 0.3) is 0 Å². The molecule has 3 rings (SSSR count). The Kier molecular flexibility index (Phi) is 8.81. The first kappa shape index (κ1) is 23.1. The monoisotopic (exact) mass is 512 g/mol. The standard InChI is InChI=1S/C21H28N4O3.HI/c1-5-28-20-10-15(6-8-23-20)13-24-21(22-2)25-9-7-16-11-18(26-3)19(27-4)12-17(16)14-25;/h6,8,10-12H,5,7,9,13-14H2,1-4H3,(H,22,24);1H. The third-order valence-corrected chi connectivity index (χ3v) is 4.77. The Morgan fingerprint density at radius 2 is 1.90 bits per heavy atom. The Morgan fingerprint density at radius 3 is 2.55 bits per heavy atom. The van der Waals surface area contributed by atoms with Crippen LogP contribution in [0.3, 0.4) is 0 Å². The molecule has 0 fully saturated rings. The molecule has 7 nitrogen and oxygen atoms in total. The topological polar surface area (TPSA) is 68.2 Å². The molecule has 1 aliphatic heterocycles. The molecular formula is C21H29IN4O3. The van der Waals surface area contributed by atoms with E-state index in [-0.39, 0.29) is 24.0 Å². The first-order valence-corrected chi connectivity index (χ1v) is 9.45. The zero-order valence-electron chi connectivity index (χ0n) is 17.4. The molecule has 2 aromatic rings. The average molecular weight is 512 g/mol. The first-order valence-electron chi connectivity index (χ1n) is 9.45. The minimum atomic E-state index is 0. The van der Waals surface area contributed by atoms with Crippen molar-refractivity contribution in [2.45, 2.75) is 26.4 Å². The quantitative estimate of drug-likeness (QED) is 0.364. The van der Waals surface area contributed by atoms with Crippen molar-refractivity contribution in [3.8, 4) is 17.4 Å². The zero-order valence-corrected chi connectivity index (χ0v) is 19.7. The number of ether oxygens (including phenoxy) is 3. The van der Waals surface area contributed by atoms with Gasteiger partial charge >= 0.3 is 0 Å². The Bertz CT molecular complexity index is 845. The molecule has 0 saturated carbocycles. The molecule has 1 aliphatic rings. The van der Waals surface area contributed by atoms with Crippen molar-refractivity contribution in [3.63, 3.8) is 0 Å². The van der Waals surface area contributed by atoms with Crippen molar-refractivity contribution in [1.29, 1.82) is 0 Å². The summed E-state index contributed by atoms with van der Waals surface area (Å²) in [4.78, 5) is 10.9. The van der Waals surface area contributed by atoms with Crippen molar-refractivity contribution in [2.75, 3.05) is 34.4 Å². The van der Waals surface area contributed by atoms with Gasteiger partial charge in [-0.2, -0.15) is 0 Å². The number of nitrogens with zero attached hydrogens (tertiary/aromatic N) is 3. The smallest absolute Gasteiger partial charge is 0.213 e. The normalized spacial score (nSPS) is 13.2. The van der Waals surface area contributed by atoms with Crippen molar-refractivity contribution in [2.24, 2.45) is 4.99 Å². The Labute approximate surface area is 189 Å². The van der Waals surface area contributed by atoms with Crippen LogP contribution in [-0.4, -0.2) is 50.3 Å². The highest BCUT2D eigenvalue weighted by Crippen LogP contribution is 2.33. The molecule has 0 spiro atoms. The second-order valence-corrected chi connectivity index (χ2v) is 6.48. The van der Waals surface area contributed by atoms with E-state index in [1.165, 1.54) is 11.1 Å². The van der Waals surface area contributed by atoms with Gasteiger partial charge in [0.1, 0.15) is 0 Å². The van der Waals surface area contributed by atoms with Crippen LogP contribution in [0.2, 0.25) is 0 Å². The van der Waals surface area contributed by atoms with Gasteiger partial charge in [-0.3, -0.25) is 4.99 Å². The van der Waals surface area contributed by atoms with Crippen molar-refractivity contribution >= 4 is 29.9 Å². The summed E-state index contributed by atoms with van der Waals surface area (Å²) in [5.41, 5.74) is 3.62. The predicted octanol–water partition coefficient (Wildman–Crippen LogP) is 3.25. The van der Waals surface area contributed by atoms with E-state index in [1.54, 1.807) is 20.4 Å². The van der Waals surface area contributed by atoms with Crippen molar-refractivity contribution in [1.82, 2.24) is 15.2 Å². The highest BCUT2D eigenvalue weighted by Gasteiger charge is 2.21. The molecule has 8 heteroatoms. The zero-order chi connectivity index (χ0) is 19.9. The fourth-order valence-corrected chi connectivity index (χ4v) is 3.36. The van der Waals surface area contributed by atoms with Crippen LogP contribution in [0.4, 0.5) is 0 Å². The Balaban J connectivity index is 0.00000300. The molecule has 29 heavy (non-hydrogen) atoms. The number of pyridine rings is 1. The largest absolute Gasteiger partial charge is 0.493 e. The summed E-state index contributed by atoms with van der Waals surface area (Å²) in [5, 5.41) is 3.44. The Morgan fingerprint density at radius 1 is 1.17 bits per heavy atom. The molecule has 0 unspecified atom stereocenters. The van der Waals surface area contributed by atoms with Gasteiger partial charge < -0.3 is 24.4 Å². The third-order valence-electron chi connectivity index (χ3n) is 4.77. The first-order chi connectivity index (χ1) is 13.7. The summed E-state index contributed by atoms with van der Waals surface area (Å²) < 4.78 is 16.3. The van der Waals surface area contributed by atoms with Gasteiger partial charge in [-0.25, -0.2) is 4.98 Å². The van der Waals surface area contributed by atoms with E-state index in [0.717, 1.165) is 42.5 Å². The number of hydrogen-bond donors (Lipinski definition) is 1. The van der Waals surface area contributed by atoms with Gasteiger partial charge in [0.2, 0.25) is 5.88 Å². The van der Waals surface area contributed by atoms with E-state index in [0.29, 0.717) is 19.0 Å². The second kappa shape index (κ2) is 11.1. The number of hydrogen-bond acceptors (Lipinski definition) is 5. The lowest BCUT2D eigenvalue weighted by atomic mass is 9.99. The molecule has 0 amide bonds. The SMILES string of the molecule is CCOc1cc(CNC(=NC)N2CCc3cc(OC)c(OC)cc3C2)ccn1.I. The van der Waals surface area contributed by atoms with Gasteiger partial charge in [-0.15, -0.1) is 24.0 Å². The molecule has 158 valence electrons. The summed E-state index contributed by atoms with van der Waals surface area (Å²) in [6.07, 6.45) is 2.70. The summed E-state index contributed by atoms with van der Waals surface area (Å²) in [7, 11) is 5.14. The number of methoxy groups -OCH3 is 2. The van der Waals surface area contributed by atoms with E-state index in [2.05, 4.69) is 32.3 Å². The minimum absolute atomic E-state index is 0. The van der Waals surface area contributed by atoms with Crippen LogP contribution in [0, 0.1) is 0 Å². The molecule has 2 heterocycles. The number of aromatic nitrogens is 1. The van der Waals surface area contributed by atoms with Crippen LogP contribution < -0.4 is 19.5 Å². The number of aliphatic imine (C=N–C) groups is 1. The molecule has 0 aliphatic carbocycles. The maximum atomic E-state index is 5.47. The van der Waals surface area contributed by atoms with Crippen molar-refractivity contribution < 1.29 is 14.2 Å². The molecule has 0 atom stereocenters. The highest BCUT2D eigenvalue weighted by atomic mass is 127. The van der Waals surface area contributed by atoms with Crippen LogP contribution in [0.1, 0.15) is 23.6 Å². The molecule has 1 aromatic carbocycles. The number of benzene rings is 1. The molecule has 1 N–H and O–H groups in total. The maximum Gasteiger partial charge on any atom is 0.213 e. The van der Waals surface area contributed by atoms with E-state index >= 15 is 0 Å². The summed E-state index contributed by atoms with van der Waals surface area (Å²) in [6, 6.07) is 8.07. The van der Waals surface area contributed by atoms with E-state index in [4.69, 9.17) is 14.2 Å². The van der Waals surface area contributed by atoms with Gasteiger partial charge in [0.05, 0.1) is 20.8 Å². The van der Waals surface area contributed by atoms with Gasteiger partial charge in [0.25, 0.3) is 0 Å².